The van der Waals surface area contributed by atoms with Crippen molar-refractivity contribution in [1.82, 2.24) is 20.0 Å². The minimum Gasteiger partial charge on any atom is -0.366 e. The molecule has 152 valence electrons. The van der Waals surface area contributed by atoms with E-state index < -0.39 is 11.7 Å². The Morgan fingerprint density at radius 1 is 1.10 bits per heavy atom. The number of primary amides is 1. The molecule has 0 saturated carbocycles. The number of aromatic nitrogens is 3. The molecule has 0 radical (unpaired) electrons. The van der Waals surface area contributed by atoms with E-state index in [2.05, 4.69) is 15.0 Å². The molecule has 10 heteroatoms. The Hall–Kier alpha value is -3.14. The van der Waals surface area contributed by atoms with Gasteiger partial charge in [-0.15, -0.1) is 0 Å². The number of rotatable bonds is 4. The first-order chi connectivity index (χ1) is 14.0. The molecule has 2 saturated heterocycles. The SMILES string of the molecule is NC(=O)c1cncc([C@@H]2CCON2C(=O)C2CCN(c3ncc(F)cn3)CC2)c1. The highest BCUT2D eigenvalue weighted by molar-refractivity contribution is 5.92. The Morgan fingerprint density at radius 3 is 2.52 bits per heavy atom. The minimum absolute atomic E-state index is 0.0864. The number of nitrogens with two attached hydrogens (primary N) is 1. The number of carbonyl (C=O) groups excluding carboxylic acids is 2. The molecule has 0 unspecified atom stereocenters. The lowest BCUT2D eigenvalue weighted by Crippen LogP contribution is -2.42. The molecule has 2 aliphatic heterocycles. The van der Waals surface area contributed by atoms with Crippen LogP contribution in [0.25, 0.3) is 0 Å². The van der Waals surface area contributed by atoms with Crippen LogP contribution in [-0.2, 0) is 9.63 Å². The summed E-state index contributed by atoms with van der Waals surface area (Å²) in [7, 11) is 0. The molecule has 0 spiro atoms. The maximum atomic E-state index is 13.1. The van der Waals surface area contributed by atoms with Crippen molar-refractivity contribution in [2.75, 3.05) is 24.6 Å². The minimum atomic E-state index is -0.563. The van der Waals surface area contributed by atoms with E-state index in [1.54, 1.807) is 12.3 Å². The van der Waals surface area contributed by atoms with Gasteiger partial charge in [0.15, 0.2) is 5.82 Å². The lowest BCUT2D eigenvalue weighted by Gasteiger charge is -2.34. The summed E-state index contributed by atoms with van der Waals surface area (Å²) < 4.78 is 13.0. The third kappa shape index (κ3) is 4.02. The summed E-state index contributed by atoms with van der Waals surface area (Å²) >= 11 is 0. The van der Waals surface area contributed by atoms with Crippen LogP contribution < -0.4 is 10.6 Å². The Balaban J connectivity index is 1.42. The number of carbonyl (C=O) groups is 2. The van der Waals surface area contributed by atoms with Crippen molar-refractivity contribution >= 4 is 17.8 Å². The van der Waals surface area contributed by atoms with Crippen LogP contribution in [0.3, 0.4) is 0 Å². The van der Waals surface area contributed by atoms with Crippen molar-refractivity contribution in [3.63, 3.8) is 0 Å². The van der Waals surface area contributed by atoms with E-state index in [9.17, 15) is 14.0 Å². The molecule has 2 fully saturated rings. The van der Waals surface area contributed by atoms with Gasteiger partial charge >= 0.3 is 0 Å². The molecule has 2 aromatic rings. The Labute approximate surface area is 166 Å². The van der Waals surface area contributed by atoms with E-state index in [1.165, 1.54) is 11.3 Å². The van der Waals surface area contributed by atoms with Crippen LogP contribution in [0, 0.1) is 11.7 Å². The van der Waals surface area contributed by atoms with E-state index in [-0.39, 0.29) is 17.9 Å². The van der Waals surface area contributed by atoms with E-state index in [1.807, 2.05) is 4.90 Å². The van der Waals surface area contributed by atoms with Gasteiger partial charge in [-0.2, -0.15) is 0 Å². The molecular formula is C19H21FN6O3. The molecule has 29 heavy (non-hydrogen) atoms. The smallest absolute Gasteiger partial charge is 0.250 e. The normalized spacial score (nSPS) is 20.1. The first-order valence-electron chi connectivity index (χ1n) is 9.46. The summed E-state index contributed by atoms with van der Waals surface area (Å²) in [4.78, 5) is 44.1. The Morgan fingerprint density at radius 2 is 1.83 bits per heavy atom. The van der Waals surface area contributed by atoms with Gasteiger partial charge in [0.1, 0.15) is 0 Å². The Bertz CT molecular complexity index is 901. The molecule has 4 heterocycles. The summed E-state index contributed by atoms with van der Waals surface area (Å²) in [6, 6.07) is 1.36. The van der Waals surface area contributed by atoms with Gasteiger partial charge in [-0.25, -0.2) is 19.4 Å². The number of pyridine rings is 1. The molecular weight excluding hydrogens is 379 g/mol. The third-order valence-electron chi connectivity index (χ3n) is 5.28. The number of hydrogen-bond acceptors (Lipinski definition) is 7. The quantitative estimate of drug-likeness (QED) is 0.821. The number of anilines is 1. The van der Waals surface area contributed by atoms with Crippen LogP contribution in [0.5, 0.6) is 0 Å². The molecule has 0 aromatic carbocycles. The summed E-state index contributed by atoms with van der Waals surface area (Å²) in [6.07, 6.45) is 7.16. The fourth-order valence-corrected chi connectivity index (χ4v) is 3.74. The standard InChI is InChI=1S/C19H21FN6O3/c20-15-10-23-19(24-11-15)25-4-1-12(2-5-25)18(28)26-16(3-6-29-26)13-7-14(17(21)27)9-22-8-13/h7-12,16H,1-6H2,(H2,21,27)/t16-/m0/s1. The fraction of sp³-hybridized carbons (Fsp3) is 0.421. The van der Waals surface area contributed by atoms with Crippen LogP contribution >= 0.6 is 0 Å². The topological polar surface area (TPSA) is 115 Å². The maximum absolute atomic E-state index is 13.1. The number of piperidine rings is 1. The average Bonchev–Trinajstić information content (AvgIpc) is 3.24. The predicted molar refractivity (Wildman–Crippen MR) is 99.8 cm³/mol. The highest BCUT2D eigenvalue weighted by atomic mass is 19.1. The number of halogens is 1. The Kier molecular flexibility index (Phi) is 5.34. The van der Waals surface area contributed by atoms with Crippen LogP contribution in [0.4, 0.5) is 10.3 Å². The number of hydrogen-bond donors (Lipinski definition) is 1. The molecule has 2 aliphatic rings. The van der Waals surface area contributed by atoms with Gasteiger partial charge in [-0.05, 0) is 24.5 Å². The zero-order valence-corrected chi connectivity index (χ0v) is 15.7. The zero-order chi connectivity index (χ0) is 20.4. The average molecular weight is 400 g/mol. The lowest BCUT2D eigenvalue weighted by molar-refractivity contribution is -0.182. The lowest BCUT2D eigenvalue weighted by atomic mass is 9.94. The number of nitrogens with zero attached hydrogens (tertiary/aromatic N) is 5. The summed E-state index contributed by atoms with van der Waals surface area (Å²) in [5.41, 5.74) is 6.36. The molecule has 1 atom stereocenters. The summed E-state index contributed by atoms with van der Waals surface area (Å²) in [5.74, 6) is -0.865. The van der Waals surface area contributed by atoms with Crippen molar-refractivity contribution in [2.24, 2.45) is 11.7 Å². The van der Waals surface area contributed by atoms with Crippen LogP contribution in [0.2, 0.25) is 0 Å². The summed E-state index contributed by atoms with van der Waals surface area (Å²) in [6.45, 7) is 1.61. The van der Waals surface area contributed by atoms with Crippen LogP contribution in [0.15, 0.2) is 30.9 Å². The molecule has 0 bridgehead atoms. The second-order valence-electron chi connectivity index (χ2n) is 7.14. The first kappa shape index (κ1) is 19.2. The first-order valence-corrected chi connectivity index (χ1v) is 9.46. The number of amides is 2. The maximum Gasteiger partial charge on any atom is 0.250 e. The zero-order valence-electron chi connectivity index (χ0n) is 15.7. The van der Waals surface area contributed by atoms with Crippen LogP contribution in [0.1, 0.15) is 41.2 Å². The monoisotopic (exact) mass is 400 g/mol. The van der Waals surface area contributed by atoms with Gasteiger partial charge in [-0.1, -0.05) is 0 Å². The summed E-state index contributed by atoms with van der Waals surface area (Å²) in [5, 5.41) is 1.41. The molecule has 9 nitrogen and oxygen atoms in total. The van der Waals surface area contributed by atoms with Crippen molar-refractivity contribution in [3.05, 3.63) is 47.8 Å². The van der Waals surface area contributed by atoms with E-state index >= 15 is 0 Å². The highest BCUT2D eigenvalue weighted by Gasteiger charge is 2.37. The molecule has 2 amide bonds. The van der Waals surface area contributed by atoms with Crippen molar-refractivity contribution in [1.29, 1.82) is 0 Å². The third-order valence-corrected chi connectivity index (χ3v) is 5.28. The second-order valence-corrected chi connectivity index (χ2v) is 7.14. The van der Waals surface area contributed by atoms with E-state index in [4.69, 9.17) is 10.6 Å². The van der Waals surface area contributed by atoms with E-state index in [0.717, 1.165) is 18.0 Å². The van der Waals surface area contributed by atoms with Gasteiger partial charge in [0, 0.05) is 37.8 Å². The predicted octanol–water partition coefficient (Wildman–Crippen LogP) is 1.23. The van der Waals surface area contributed by atoms with Crippen molar-refractivity contribution in [2.45, 2.75) is 25.3 Å². The van der Waals surface area contributed by atoms with E-state index in [0.29, 0.717) is 50.5 Å². The molecule has 2 N–H and O–H groups in total. The molecule has 2 aromatic heterocycles. The van der Waals surface area contributed by atoms with Gasteiger partial charge in [0.05, 0.1) is 30.6 Å². The highest BCUT2D eigenvalue weighted by Crippen LogP contribution is 2.33. The van der Waals surface area contributed by atoms with Gasteiger partial charge in [0.2, 0.25) is 17.8 Å². The van der Waals surface area contributed by atoms with Crippen molar-refractivity contribution < 1.29 is 18.8 Å². The van der Waals surface area contributed by atoms with Crippen molar-refractivity contribution in [3.8, 4) is 0 Å². The van der Waals surface area contributed by atoms with Gasteiger partial charge < -0.3 is 10.6 Å². The largest absolute Gasteiger partial charge is 0.366 e. The second kappa shape index (κ2) is 8.08. The number of hydroxylamine groups is 2. The fourth-order valence-electron chi connectivity index (χ4n) is 3.74. The molecule has 0 aliphatic carbocycles. The van der Waals surface area contributed by atoms with Gasteiger partial charge in [-0.3, -0.25) is 19.4 Å². The molecule has 4 rings (SSSR count). The van der Waals surface area contributed by atoms with Crippen LogP contribution in [-0.4, -0.2) is 51.5 Å². The van der Waals surface area contributed by atoms with Gasteiger partial charge in [0.25, 0.3) is 0 Å².